The molecule has 2 amide bonds. The average Bonchev–Trinajstić information content (AvgIpc) is 1.56. The van der Waals surface area contributed by atoms with Gasteiger partial charge in [-0.25, -0.2) is 8.78 Å². The van der Waals surface area contributed by atoms with Crippen molar-refractivity contribution in [3.05, 3.63) is 220 Å². The van der Waals surface area contributed by atoms with Crippen LogP contribution in [-0.2, 0) is 72.4 Å². The molecule has 4 aromatic carbocycles. The van der Waals surface area contributed by atoms with Gasteiger partial charge in [0.2, 0.25) is 11.8 Å². The molecule has 0 spiro atoms. The summed E-state index contributed by atoms with van der Waals surface area (Å²) in [6, 6.07) is -5.26. The van der Waals surface area contributed by atoms with Crippen molar-refractivity contribution < 1.29 is 99.5 Å². The maximum absolute atomic E-state index is 15.1. The summed E-state index contributed by atoms with van der Waals surface area (Å²) in [5.41, 5.74) is -11.4. The highest BCUT2D eigenvalue weighted by Gasteiger charge is 2.38. The summed E-state index contributed by atoms with van der Waals surface area (Å²) in [7, 11) is 0. The van der Waals surface area contributed by atoms with Crippen LogP contribution < -0.4 is 11.1 Å². The average molecular weight is 1410 g/mol. The molecule has 512 valence electrons. The molecule has 12 nitrogen and oxygen atoms in total. The lowest BCUT2D eigenvalue weighted by atomic mass is 9.82. The minimum absolute atomic E-state index is 0.00231. The molecule has 0 aliphatic heterocycles. The first-order valence-corrected chi connectivity index (χ1v) is 30.6. The topological polar surface area (TPSA) is 117 Å². The molecule has 0 saturated carbocycles. The molecule has 0 radical (unpaired) electrons. The number of likely N-dealkylation sites (N-methyl/N-ethyl adjacent to an activating group) is 2. The number of rotatable bonds is 26. The zero-order valence-corrected chi connectivity index (χ0v) is 53.1. The van der Waals surface area contributed by atoms with Crippen LogP contribution in [0.2, 0.25) is 0 Å². The lowest BCUT2D eigenvalue weighted by molar-refractivity contribution is -0.137. The van der Waals surface area contributed by atoms with Crippen molar-refractivity contribution in [3.63, 3.8) is 0 Å². The van der Waals surface area contributed by atoms with Crippen molar-refractivity contribution in [2.24, 2.45) is 11.8 Å². The van der Waals surface area contributed by atoms with Crippen LogP contribution in [0.1, 0.15) is 167 Å². The number of alkyl halides is 6. The number of aromatic nitrogens is 4. The highest BCUT2D eigenvalue weighted by molar-refractivity contribution is 7.98. The number of fused-ring (bicyclic) bond motifs is 2. The van der Waals surface area contributed by atoms with Gasteiger partial charge in [0.05, 0.1) is 33.0 Å². The van der Waals surface area contributed by atoms with Crippen LogP contribution in [0.4, 0.5) is 35.1 Å². The molecule has 96 heavy (non-hydrogen) atoms. The fourth-order valence-corrected chi connectivity index (χ4v) is 11.0. The number of halogens is 8. The summed E-state index contributed by atoms with van der Waals surface area (Å²) in [4.78, 5) is 63.4. The third kappa shape index (κ3) is 19.2. The molecular weight excluding hydrogens is 1280 g/mol. The van der Waals surface area contributed by atoms with Crippen molar-refractivity contribution in [2.75, 3.05) is 58.5 Å². The molecule has 2 heterocycles. The van der Waals surface area contributed by atoms with E-state index in [2.05, 4.69) is 9.97 Å². The third-order valence-electron chi connectivity index (χ3n) is 13.9. The van der Waals surface area contributed by atoms with E-state index >= 15 is 9.59 Å². The lowest BCUT2D eigenvalue weighted by Crippen LogP contribution is -2.42. The smallest absolute Gasteiger partial charge is 0.336 e. The van der Waals surface area contributed by atoms with Crippen LogP contribution in [0.3, 0.4) is 0 Å². The third-order valence-corrected chi connectivity index (χ3v) is 15.9. The van der Waals surface area contributed by atoms with Crippen LogP contribution in [-0.4, -0.2) is 115 Å². The van der Waals surface area contributed by atoms with Gasteiger partial charge in [-0.2, -0.15) is 36.3 Å². The Labute approximate surface area is 621 Å². The fourth-order valence-electron chi connectivity index (χ4n) is 9.27. The molecule has 4 aliphatic rings. The summed E-state index contributed by atoms with van der Waals surface area (Å²) in [6.07, 6.45) is -23.2. The van der Waals surface area contributed by atoms with E-state index < -0.39 is 329 Å². The van der Waals surface area contributed by atoms with Gasteiger partial charge in [-0.1, -0.05) is 155 Å². The summed E-state index contributed by atoms with van der Waals surface area (Å²) in [5, 5.41) is -1.26. The van der Waals surface area contributed by atoms with E-state index in [1.165, 1.54) is 0 Å². The van der Waals surface area contributed by atoms with E-state index in [1.54, 1.807) is 0 Å². The number of hydrogen-bond acceptors (Lipinski definition) is 10. The Morgan fingerprint density at radius 1 is 0.604 bits per heavy atom. The second-order valence-electron chi connectivity index (χ2n) is 20.4. The second-order valence-corrected chi connectivity index (χ2v) is 22.3. The number of hydrogen-bond donors (Lipinski definition) is 0. The van der Waals surface area contributed by atoms with E-state index in [9.17, 15) is 55.7 Å². The quantitative estimate of drug-likeness (QED) is 0.0295. The minimum Gasteiger partial charge on any atom is -0.336 e. The van der Waals surface area contributed by atoms with Gasteiger partial charge in [-0.05, 0) is 164 Å². The highest BCUT2D eigenvalue weighted by Crippen LogP contribution is 2.41. The summed E-state index contributed by atoms with van der Waals surface area (Å²) in [6.45, 7) is -35.8. The first-order valence-electron chi connectivity index (χ1n) is 48.8. The van der Waals surface area contributed by atoms with Crippen molar-refractivity contribution in [1.82, 2.24) is 38.7 Å². The van der Waals surface area contributed by atoms with Crippen LogP contribution in [0.5, 0.6) is 0 Å². The van der Waals surface area contributed by atoms with Crippen LogP contribution >= 0.6 is 23.5 Å². The second kappa shape index (κ2) is 33.2. The highest BCUT2D eigenvalue weighted by atomic mass is 32.2. The van der Waals surface area contributed by atoms with Crippen LogP contribution in [0.25, 0.3) is 11.1 Å². The predicted octanol–water partition coefficient (Wildman–Crippen LogP) is 14.9. The van der Waals surface area contributed by atoms with Crippen molar-refractivity contribution in [2.45, 2.75) is 146 Å². The molecule has 0 N–H and O–H groups in total. The Morgan fingerprint density at radius 2 is 1.10 bits per heavy atom. The molecule has 0 saturated heterocycles. The number of amides is 2. The number of carbonyl (C=O) groups excluding carboxylic acids is 2. The summed E-state index contributed by atoms with van der Waals surface area (Å²) >= 11 is 0.794. The minimum atomic E-state index is -5.20. The van der Waals surface area contributed by atoms with E-state index in [4.69, 9.17) is 43.9 Å². The lowest BCUT2D eigenvalue weighted by Gasteiger charge is -2.30. The standard InChI is InChI=1S/C37H40F4N4O2S.C37H44F4N4O2S/c1-4-43(5-2)18-19-44(22-26-6-10-28(11-7-26)29-12-14-30(15-13-29)37(39,40)41)34(46)23-45-33-21-25(3)20-32(33)35(47)42-36(45)48-24-27-8-16-31(38)17-9-27;1-4-43(5-2)19-20-44(22-26-9-13-28(14-10-26)29-15-18-32(25(3)21-29)37(39,40)41)34(46)23-45-33-8-6-7-31(33)35(47)42-36(45)48-24-27-11-16-30(38)17-12-27/h6-17,25H,4-5,18-24H2,1-3H3;9,11-13,15-18,25H,4-8,10,14,19-24H2,1-3H3/i4D2,5D2,8D,9D,16D,17D,18D2,19D2,20D2,21D2,22D2,25D;4D2,5D2,9D,10D,11D,12D,13D,14D,15D,16D,17D,18D,19D2,20D2,21D,22D2. The van der Waals surface area contributed by atoms with Crippen molar-refractivity contribution in [1.29, 1.82) is 0 Å². The number of benzene rings is 4. The molecule has 0 bridgehead atoms. The Bertz CT molecular complexity index is 5950. The predicted molar refractivity (Wildman–Crippen MR) is 363 cm³/mol. The Kier molecular flexibility index (Phi) is 12.6. The van der Waals surface area contributed by atoms with Gasteiger partial charge in [-0.15, -0.1) is 0 Å². The van der Waals surface area contributed by atoms with Gasteiger partial charge < -0.3 is 28.7 Å². The van der Waals surface area contributed by atoms with E-state index in [0.717, 1.165) is 66.9 Å². The van der Waals surface area contributed by atoms with Crippen LogP contribution in [0.15, 0.2) is 163 Å². The van der Waals surface area contributed by atoms with Gasteiger partial charge in [0.25, 0.3) is 11.1 Å². The molecule has 5 atom stereocenters. The zero-order chi connectivity index (χ0) is 104. The Balaban J connectivity index is 0.000000305. The zero-order valence-electron chi connectivity index (χ0n) is 91.4. The summed E-state index contributed by atoms with van der Waals surface area (Å²) < 4.78 is 459. The maximum atomic E-state index is 15.1. The SMILES string of the molecule is [2H]C1=C(C2=C([2H])C([2H])=C(C(F)(F)F)C(C)C2[2H])C([2H])C([2H])C(C([2H])([2H])N(C(=O)Cn2c(SCc3c([2H])c([2H])c(F)c([2H])c3[2H])nc(=O)c3c2CCC3)C([2H])([2H])C([2H])([2H])N(C([2H])([2H])C)C([2H])([2H])C)=C1[2H].[2H]c1c([2H])c(CSc2nc(=O)c3c(n2CC(=O)N(C([2H])([2H])c2ccc(-c4ccc(C(F)(F)F)cc4)cc2)C([2H])([2H])C([2H])([2H])N(C([2H])([2H])C)C([2H])([2H])C)C([2H])([2H])C([2H])(C)C3([2H])[2H])c([2H])c([2H])c1F. The van der Waals surface area contributed by atoms with Crippen molar-refractivity contribution in [3.8, 4) is 11.1 Å². The first-order chi connectivity index (χ1) is 61.3. The molecule has 6 aromatic rings. The largest absolute Gasteiger partial charge is 0.416 e. The van der Waals surface area contributed by atoms with Gasteiger partial charge in [0, 0.05) is 106 Å². The van der Waals surface area contributed by atoms with Gasteiger partial charge in [0.1, 0.15) is 24.7 Å². The summed E-state index contributed by atoms with van der Waals surface area (Å²) in [5.74, 6) is -12.9. The molecular formula is C74H84F8N8O4S2. The Morgan fingerprint density at radius 3 is 1.62 bits per heavy atom. The van der Waals surface area contributed by atoms with Gasteiger partial charge in [-0.3, -0.25) is 19.2 Å². The van der Waals surface area contributed by atoms with Gasteiger partial charge >= 0.3 is 12.4 Å². The van der Waals surface area contributed by atoms with Crippen LogP contribution in [0, 0.1) is 23.4 Å². The number of carbonyl (C=O) groups is 2. The maximum Gasteiger partial charge on any atom is 0.416 e. The van der Waals surface area contributed by atoms with E-state index in [-0.39, 0.29) is 63.2 Å². The molecule has 4 aliphatic carbocycles. The van der Waals surface area contributed by atoms with Crippen molar-refractivity contribution >= 4 is 35.3 Å². The molecule has 2 aromatic heterocycles. The number of thioether (sulfide) groups is 2. The number of allylic oxidation sites excluding steroid dienone is 7. The Hall–Kier alpha value is -7.40. The van der Waals surface area contributed by atoms with E-state index in [0.29, 0.717) is 44.0 Å². The normalized spacial score (nSPS) is 28.2. The molecule has 10 rings (SSSR count). The molecule has 0 fully saturated rings. The fraction of sp³-hybridized carbons (Fsp3) is 0.432. The number of nitrogens with zero attached hydrogens (tertiary/aromatic N) is 8. The first kappa shape index (κ1) is 36.4. The molecule has 5 unspecified atom stereocenters. The van der Waals surface area contributed by atoms with Gasteiger partial charge in [0.15, 0.2) is 10.3 Å². The van der Waals surface area contributed by atoms with E-state index in [1.807, 2.05) is 0 Å². The molecule has 22 heteroatoms. The monoisotopic (exact) mass is 1400 g/mol.